The number of nitrogens with zero attached hydrogens (tertiary/aromatic N) is 4. The molecule has 2 aliphatic heterocycles. The third-order valence-electron chi connectivity index (χ3n) is 6.79. The van der Waals surface area contributed by atoms with Crippen LogP contribution >= 0.6 is 0 Å². The van der Waals surface area contributed by atoms with Crippen molar-refractivity contribution in [1.82, 2.24) is 19.6 Å². The molecule has 0 aromatic carbocycles. The van der Waals surface area contributed by atoms with Crippen LogP contribution in [0.1, 0.15) is 51.1 Å². The normalized spacial score (nSPS) is 27.0. The smallest absolute Gasteiger partial charge is 0.0534 e. The van der Waals surface area contributed by atoms with Gasteiger partial charge >= 0.3 is 0 Å². The molecule has 5 nitrogen and oxygen atoms in total. The van der Waals surface area contributed by atoms with Gasteiger partial charge in [-0.3, -0.25) is 9.58 Å². The Labute approximate surface area is 158 Å². The summed E-state index contributed by atoms with van der Waals surface area (Å²) in [6.45, 7) is 12.3. The van der Waals surface area contributed by atoms with Crippen LogP contribution in [0.15, 0.2) is 12.4 Å². The predicted molar refractivity (Wildman–Crippen MR) is 104 cm³/mol. The monoisotopic (exact) mass is 360 g/mol. The Morgan fingerprint density at radius 3 is 2.65 bits per heavy atom. The van der Waals surface area contributed by atoms with E-state index in [1.165, 1.54) is 57.4 Å². The van der Waals surface area contributed by atoms with E-state index in [1.807, 2.05) is 6.20 Å². The van der Waals surface area contributed by atoms with Crippen LogP contribution in [0.3, 0.4) is 0 Å². The van der Waals surface area contributed by atoms with Gasteiger partial charge in [-0.15, -0.1) is 0 Å². The van der Waals surface area contributed by atoms with Crippen molar-refractivity contribution in [1.29, 1.82) is 0 Å². The summed E-state index contributed by atoms with van der Waals surface area (Å²) in [5.41, 5.74) is 1.83. The summed E-state index contributed by atoms with van der Waals surface area (Å²) < 4.78 is 8.18. The number of piperidine rings is 1. The maximum Gasteiger partial charge on any atom is 0.0534 e. The molecule has 26 heavy (non-hydrogen) atoms. The number of hydrogen-bond acceptors (Lipinski definition) is 4. The van der Waals surface area contributed by atoms with E-state index < -0.39 is 0 Å². The van der Waals surface area contributed by atoms with Gasteiger partial charge in [0.25, 0.3) is 0 Å². The molecule has 0 unspecified atom stereocenters. The number of likely N-dealkylation sites (tertiary alicyclic amines) is 2. The minimum Gasteiger partial charge on any atom is -0.381 e. The molecule has 3 fully saturated rings. The van der Waals surface area contributed by atoms with Crippen LogP contribution in [-0.4, -0.2) is 66.0 Å². The van der Waals surface area contributed by atoms with Crippen molar-refractivity contribution >= 4 is 0 Å². The van der Waals surface area contributed by atoms with Crippen molar-refractivity contribution in [3.05, 3.63) is 18.0 Å². The molecule has 0 bridgehead atoms. The zero-order valence-corrected chi connectivity index (χ0v) is 16.9. The lowest BCUT2D eigenvalue weighted by Crippen LogP contribution is -2.44. The van der Waals surface area contributed by atoms with E-state index in [0.29, 0.717) is 11.5 Å². The SMILES string of the molecule is CC(C)n1cc(CN2CCC3(CC2)CN(C)C[C@@H]3COCC2CC2)cn1. The van der Waals surface area contributed by atoms with Crippen molar-refractivity contribution in [3.63, 3.8) is 0 Å². The van der Waals surface area contributed by atoms with Gasteiger partial charge in [0, 0.05) is 50.0 Å². The van der Waals surface area contributed by atoms with Crippen LogP contribution in [0.5, 0.6) is 0 Å². The van der Waals surface area contributed by atoms with Gasteiger partial charge in [-0.05, 0) is 71.0 Å². The van der Waals surface area contributed by atoms with Crippen LogP contribution in [0.25, 0.3) is 0 Å². The Balaban J connectivity index is 1.30. The van der Waals surface area contributed by atoms with Crippen LogP contribution in [0, 0.1) is 17.3 Å². The molecule has 0 amide bonds. The van der Waals surface area contributed by atoms with Gasteiger partial charge in [0.15, 0.2) is 0 Å². The average molecular weight is 361 g/mol. The summed E-state index contributed by atoms with van der Waals surface area (Å²) in [6, 6.07) is 0.443. The Morgan fingerprint density at radius 1 is 1.23 bits per heavy atom. The first-order valence-corrected chi connectivity index (χ1v) is 10.6. The largest absolute Gasteiger partial charge is 0.381 e. The molecule has 0 radical (unpaired) electrons. The molecule has 5 heteroatoms. The predicted octanol–water partition coefficient (Wildman–Crippen LogP) is 3.03. The Bertz CT molecular complexity index is 587. The van der Waals surface area contributed by atoms with Gasteiger partial charge in [0.2, 0.25) is 0 Å². The molecular formula is C21H36N4O. The summed E-state index contributed by atoms with van der Waals surface area (Å²) in [6.07, 6.45) is 9.66. The number of hydrogen-bond donors (Lipinski definition) is 0. The second-order valence-electron chi connectivity index (χ2n) is 9.44. The second kappa shape index (κ2) is 7.61. The first-order valence-electron chi connectivity index (χ1n) is 10.6. The van der Waals surface area contributed by atoms with Crippen LogP contribution in [0.2, 0.25) is 0 Å². The first-order chi connectivity index (χ1) is 12.5. The van der Waals surface area contributed by atoms with Gasteiger partial charge in [-0.25, -0.2) is 0 Å². The Kier molecular flexibility index (Phi) is 5.40. The van der Waals surface area contributed by atoms with Crippen LogP contribution < -0.4 is 0 Å². The summed E-state index contributed by atoms with van der Waals surface area (Å²) >= 11 is 0. The molecule has 2 saturated heterocycles. The highest BCUT2D eigenvalue weighted by Gasteiger charge is 2.47. The van der Waals surface area contributed by atoms with E-state index in [9.17, 15) is 0 Å². The molecule has 1 spiro atoms. The summed E-state index contributed by atoms with van der Waals surface area (Å²) in [7, 11) is 2.29. The highest BCUT2D eigenvalue weighted by molar-refractivity contribution is 5.06. The van der Waals surface area contributed by atoms with E-state index in [0.717, 1.165) is 31.6 Å². The molecule has 1 atom stereocenters. The lowest BCUT2D eigenvalue weighted by Gasteiger charge is -2.42. The van der Waals surface area contributed by atoms with Gasteiger partial charge in [0.1, 0.15) is 0 Å². The fourth-order valence-electron chi connectivity index (χ4n) is 4.91. The first kappa shape index (κ1) is 18.5. The third-order valence-corrected chi connectivity index (χ3v) is 6.79. The fraction of sp³-hybridized carbons (Fsp3) is 0.857. The molecule has 1 aromatic rings. The zero-order valence-electron chi connectivity index (χ0n) is 16.9. The molecule has 4 rings (SSSR count). The van der Waals surface area contributed by atoms with Crippen LogP contribution in [0.4, 0.5) is 0 Å². The van der Waals surface area contributed by atoms with Crippen molar-refractivity contribution < 1.29 is 4.74 Å². The van der Waals surface area contributed by atoms with Crippen molar-refractivity contribution in [2.75, 3.05) is 46.4 Å². The molecule has 1 aromatic heterocycles. The molecular weight excluding hydrogens is 324 g/mol. The maximum atomic E-state index is 6.11. The second-order valence-corrected chi connectivity index (χ2v) is 9.44. The van der Waals surface area contributed by atoms with Crippen molar-refractivity contribution in [2.24, 2.45) is 17.3 Å². The van der Waals surface area contributed by atoms with E-state index in [-0.39, 0.29) is 0 Å². The fourth-order valence-corrected chi connectivity index (χ4v) is 4.91. The number of aromatic nitrogens is 2. The van der Waals surface area contributed by atoms with Crippen molar-refractivity contribution in [3.8, 4) is 0 Å². The minimum absolute atomic E-state index is 0.443. The van der Waals surface area contributed by atoms with E-state index in [4.69, 9.17) is 4.74 Å². The molecule has 1 saturated carbocycles. The maximum absolute atomic E-state index is 6.11. The topological polar surface area (TPSA) is 33.5 Å². The number of rotatable bonds is 7. The lowest BCUT2D eigenvalue weighted by atomic mass is 9.71. The average Bonchev–Trinajstić information content (AvgIpc) is 3.22. The number of ether oxygens (including phenoxy) is 1. The van der Waals surface area contributed by atoms with E-state index in [1.54, 1.807) is 0 Å². The summed E-state index contributed by atoms with van der Waals surface area (Å²) in [5.74, 6) is 1.59. The third kappa shape index (κ3) is 4.15. The summed E-state index contributed by atoms with van der Waals surface area (Å²) in [5, 5.41) is 4.49. The van der Waals surface area contributed by atoms with Gasteiger partial charge in [0.05, 0.1) is 12.8 Å². The molecule has 3 heterocycles. The Morgan fingerprint density at radius 2 is 2.00 bits per heavy atom. The molecule has 1 aliphatic carbocycles. The zero-order chi connectivity index (χ0) is 18.1. The molecule has 146 valence electrons. The van der Waals surface area contributed by atoms with Gasteiger partial charge in [-0.1, -0.05) is 0 Å². The highest BCUT2D eigenvalue weighted by Crippen LogP contribution is 2.44. The minimum atomic E-state index is 0.443. The Hall–Kier alpha value is -0.910. The molecule has 0 N–H and O–H groups in total. The standard InChI is InChI=1S/C21H36N4O/c1-17(2)25-12-19(10-22-25)11-24-8-6-21(7-9-24)16-23(3)13-20(21)15-26-14-18-4-5-18/h10,12,17-18,20H,4-9,11,13-16H2,1-3H3/t20-/m1/s1. The molecule has 3 aliphatic rings. The lowest BCUT2D eigenvalue weighted by molar-refractivity contribution is 0.0167. The highest BCUT2D eigenvalue weighted by atomic mass is 16.5. The van der Waals surface area contributed by atoms with Crippen molar-refractivity contribution in [2.45, 2.75) is 52.1 Å². The summed E-state index contributed by atoms with van der Waals surface area (Å²) in [4.78, 5) is 5.15. The van der Waals surface area contributed by atoms with E-state index in [2.05, 4.69) is 46.7 Å². The van der Waals surface area contributed by atoms with Gasteiger partial charge < -0.3 is 9.64 Å². The quantitative estimate of drug-likeness (QED) is 0.748. The van der Waals surface area contributed by atoms with E-state index >= 15 is 0 Å². The van der Waals surface area contributed by atoms with Crippen LogP contribution in [-0.2, 0) is 11.3 Å². The van der Waals surface area contributed by atoms with Gasteiger partial charge in [-0.2, -0.15) is 5.10 Å².